The normalized spacial score (nSPS) is 15.6. The van der Waals surface area contributed by atoms with Gasteiger partial charge in [-0.05, 0) is 91.9 Å². The van der Waals surface area contributed by atoms with E-state index in [0.29, 0.717) is 0 Å². The van der Waals surface area contributed by atoms with Gasteiger partial charge in [-0.1, -0.05) is 60.7 Å². The van der Waals surface area contributed by atoms with E-state index in [9.17, 15) is 8.78 Å². The Labute approximate surface area is 233 Å². The highest BCUT2D eigenvalue weighted by Crippen LogP contribution is 2.51. The minimum Gasteiger partial charge on any atom is -0.303 e. The summed E-state index contributed by atoms with van der Waals surface area (Å²) in [5, 5.41) is 0. The first kappa shape index (κ1) is 27.0. The average molecular weight is 546 g/mol. The zero-order valence-electron chi connectivity index (χ0n) is 21.4. The van der Waals surface area contributed by atoms with Crippen molar-refractivity contribution >= 4 is 23.5 Å². The zero-order valence-corrected chi connectivity index (χ0v) is 23.1. The van der Waals surface area contributed by atoms with Crippen LogP contribution in [0.2, 0.25) is 0 Å². The largest absolute Gasteiger partial charge is 0.303 e. The zero-order chi connectivity index (χ0) is 26.2. The van der Waals surface area contributed by atoms with Crippen LogP contribution in [0.15, 0.2) is 119 Å². The summed E-state index contributed by atoms with van der Waals surface area (Å²) >= 11 is 4.02. The van der Waals surface area contributed by atoms with Crippen molar-refractivity contribution in [1.29, 1.82) is 0 Å². The lowest BCUT2D eigenvalue weighted by molar-refractivity contribution is 0.220. The van der Waals surface area contributed by atoms with Crippen molar-refractivity contribution in [2.24, 2.45) is 0 Å². The van der Waals surface area contributed by atoms with Gasteiger partial charge in [-0.2, -0.15) is 0 Å². The Bertz CT molecular complexity index is 1170. The van der Waals surface area contributed by atoms with Crippen molar-refractivity contribution in [2.45, 2.75) is 45.5 Å². The summed E-state index contributed by atoms with van der Waals surface area (Å²) < 4.78 is 27.3. The van der Waals surface area contributed by atoms with Crippen molar-refractivity contribution < 1.29 is 8.78 Å². The highest BCUT2D eigenvalue weighted by Gasteiger charge is 2.36. The molecule has 1 aliphatic rings. The van der Waals surface area contributed by atoms with Crippen LogP contribution in [0.1, 0.15) is 42.7 Å². The highest BCUT2D eigenvalue weighted by atomic mass is 32.2. The fourth-order valence-electron chi connectivity index (χ4n) is 5.18. The van der Waals surface area contributed by atoms with Gasteiger partial charge in [0, 0.05) is 28.8 Å². The summed E-state index contributed by atoms with van der Waals surface area (Å²) in [6, 6.07) is 35.0. The number of nitrogens with zero attached hydrogens (tertiary/aromatic N) is 1. The molecule has 5 rings (SSSR count). The second-order valence-electron chi connectivity index (χ2n) is 9.88. The van der Waals surface area contributed by atoms with E-state index in [1.165, 1.54) is 34.1 Å². The number of likely N-dealkylation sites (tertiary alicyclic amines) is 1. The van der Waals surface area contributed by atoms with E-state index in [1.807, 2.05) is 47.8 Å². The summed E-state index contributed by atoms with van der Waals surface area (Å²) in [4.78, 5) is 5.23. The van der Waals surface area contributed by atoms with Crippen LogP contribution >= 0.6 is 23.5 Å². The van der Waals surface area contributed by atoms with Gasteiger partial charge in [0.2, 0.25) is 0 Å². The van der Waals surface area contributed by atoms with Crippen LogP contribution in [0.4, 0.5) is 8.78 Å². The predicted octanol–water partition coefficient (Wildman–Crippen LogP) is 9.25. The van der Waals surface area contributed by atoms with Gasteiger partial charge in [0.1, 0.15) is 11.6 Å². The summed E-state index contributed by atoms with van der Waals surface area (Å²) in [7, 11) is 0. The third-order valence-corrected chi connectivity index (χ3v) is 10.3. The lowest BCUT2D eigenvalue weighted by atomic mass is 9.87. The Morgan fingerprint density at radius 2 is 1.08 bits per heavy atom. The number of rotatable bonds is 10. The molecule has 0 N–H and O–H groups in total. The van der Waals surface area contributed by atoms with Gasteiger partial charge in [-0.3, -0.25) is 0 Å². The van der Waals surface area contributed by atoms with Crippen LogP contribution in [0.5, 0.6) is 0 Å². The number of thioether (sulfide) groups is 2. The van der Waals surface area contributed by atoms with E-state index in [1.54, 1.807) is 0 Å². The number of hydrogen-bond acceptors (Lipinski definition) is 3. The van der Waals surface area contributed by atoms with Crippen LogP contribution in [0.3, 0.4) is 0 Å². The molecule has 196 valence electrons. The molecule has 1 nitrogen and oxygen atoms in total. The van der Waals surface area contributed by atoms with Crippen LogP contribution in [0.25, 0.3) is 0 Å². The molecule has 0 spiro atoms. The minimum atomic E-state index is -0.231. The molecule has 5 heteroatoms. The molecule has 0 radical (unpaired) electrons. The predicted molar refractivity (Wildman–Crippen MR) is 157 cm³/mol. The van der Waals surface area contributed by atoms with Crippen molar-refractivity contribution in [3.8, 4) is 0 Å². The van der Waals surface area contributed by atoms with E-state index in [2.05, 4.69) is 65.6 Å². The topological polar surface area (TPSA) is 3.24 Å². The van der Waals surface area contributed by atoms with Crippen molar-refractivity contribution in [3.05, 3.63) is 132 Å². The maximum absolute atomic E-state index is 13.6. The van der Waals surface area contributed by atoms with E-state index in [-0.39, 0.29) is 21.6 Å². The molecule has 0 aromatic heterocycles. The molecule has 38 heavy (non-hydrogen) atoms. The fourth-order valence-corrected chi connectivity index (χ4v) is 8.15. The van der Waals surface area contributed by atoms with Crippen LogP contribution in [0, 0.1) is 11.6 Å². The Kier molecular flexibility index (Phi) is 9.21. The maximum atomic E-state index is 13.6. The lowest BCUT2D eigenvalue weighted by Gasteiger charge is -2.41. The van der Waals surface area contributed by atoms with E-state index < -0.39 is 0 Å². The molecule has 0 aliphatic carbocycles. The van der Waals surface area contributed by atoms with Gasteiger partial charge >= 0.3 is 0 Å². The third kappa shape index (κ3) is 7.28. The maximum Gasteiger partial charge on any atom is 0.123 e. The number of halogens is 2. The first-order valence-corrected chi connectivity index (χ1v) is 14.9. The molecule has 1 aliphatic heterocycles. The average Bonchev–Trinajstić information content (AvgIpc) is 2.95. The summed E-state index contributed by atoms with van der Waals surface area (Å²) in [5.41, 5.74) is 2.16. The van der Waals surface area contributed by atoms with Crippen molar-refractivity contribution in [3.63, 3.8) is 0 Å². The summed E-state index contributed by atoms with van der Waals surface area (Å²) in [6.07, 6.45) is 4.21. The second kappa shape index (κ2) is 13.0. The quantitative estimate of drug-likeness (QED) is 0.183. The Balaban J connectivity index is 1.22. The Morgan fingerprint density at radius 1 is 0.632 bits per heavy atom. The van der Waals surface area contributed by atoms with Gasteiger partial charge < -0.3 is 4.90 Å². The molecule has 0 atom stereocenters. The smallest absolute Gasteiger partial charge is 0.123 e. The molecule has 1 saturated heterocycles. The van der Waals surface area contributed by atoms with Crippen molar-refractivity contribution in [1.82, 2.24) is 4.90 Å². The van der Waals surface area contributed by atoms with Gasteiger partial charge in [0.05, 0.1) is 4.08 Å². The summed E-state index contributed by atoms with van der Waals surface area (Å²) in [5.74, 6) is -0.336. The first-order chi connectivity index (χ1) is 18.6. The van der Waals surface area contributed by atoms with Gasteiger partial charge in [0.25, 0.3) is 0 Å². The minimum absolute atomic E-state index is 0.115. The third-order valence-electron chi connectivity index (χ3n) is 7.22. The monoisotopic (exact) mass is 545 g/mol. The molecule has 1 heterocycles. The number of piperidine rings is 1. The number of benzene rings is 4. The molecular weight excluding hydrogens is 513 g/mol. The molecule has 0 bridgehead atoms. The van der Waals surface area contributed by atoms with Gasteiger partial charge in [-0.25, -0.2) is 8.78 Å². The molecule has 4 aromatic rings. The van der Waals surface area contributed by atoms with E-state index >= 15 is 0 Å². The Morgan fingerprint density at radius 3 is 1.53 bits per heavy atom. The van der Waals surface area contributed by atoms with E-state index in [4.69, 9.17) is 0 Å². The molecule has 1 fully saturated rings. The molecule has 4 aromatic carbocycles. The van der Waals surface area contributed by atoms with Crippen LogP contribution in [-0.2, 0) is 0 Å². The van der Waals surface area contributed by atoms with E-state index in [0.717, 1.165) is 56.4 Å². The standard InChI is InChI=1S/C33H33F2NS2/c34-28-17-13-26(14-18-28)32(27-15-19-29(35)20-16-27)12-7-23-36-24-21-33(22-25-36,37-30-8-3-1-4-9-30)38-31-10-5-2-6-11-31/h1-6,8-11,13-20,32H,7,12,21-25H2. The SMILES string of the molecule is Fc1ccc(C(CCCN2CCC(Sc3ccccc3)(Sc3ccccc3)CC2)c2ccc(F)cc2)cc1. The van der Waals surface area contributed by atoms with Gasteiger partial charge in [-0.15, -0.1) is 23.5 Å². The lowest BCUT2D eigenvalue weighted by Crippen LogP contribution is -2.41. The Hall–Kier alpha value is -2.60. The second-order valence-corrected chi connectivity index (χ2v) is 13.1. The summed E-state index contributed by atoms with van der Waals surface area (Å²) in [6.45, 7) is 3.16. The highest BCUT2D eigenvalue weighted by molar-refractivity contribution is 8.18. The van der Waals surface area contributed by atoms with Crippen LogP contribution < -0.4 is 0 Å². The van der Waals surface area contributed by atoms with Crippen LogP contribution in [-0.4, -0.2) is 28.6 Å². The van der Waals surface area contributed by atoms with Crippen molar-refractivity contribution in [2.75, 3.05) is 19.6 Å². The number of hydrogen-bond donors (Lipinski definition) is 0. The fraction of sp³-hybridized carbons (Fsp3) is 0.273. The molecule has 0 saturated carbocycles. The first-order valence-electron chi connectivity index (χ1n) is 13.3. The van der Waals surface area contributed by atoms with Gasteiger partial charge in [0.15, 0.2) is 0 Å². The molecular formula is C33H33F2NS2. The molecule has 0 amide bonds. The molecule has 0 unspecified atom stereocenters.